The van der Waals surface area contributed by atoms with Crippen molar-refractivity contribution >= 4 is 11.4 Å². The molecule has 0 spiro atoms. The molecular formula is C7H9F3N4O. The Balaban J connectivity index is 3.14. The summed E-state index contributed by atoms with van der Waals surface area (Å²) in [5.41, 5.74) is 15.9. The number of nitrogen functional groups attached to an aromatic ring is 2. The molecule has 0 aliphatic heterocycles. The number of alkyl halides is 3. The van der Waals surface area contributed by atoms with E-state index < -0.39 is 12.2 Å². The number of rotatable bonds is 2. The quantitative estimate of drug-likeness (QED) is 0.680. The number of ether oxygens (including phenoxy) is 1. The summed E-state index contributed by atoms with van der Waals surface area (Å²) in [6, 6.07) is 0. The average Bonchev–Trinajstić information content (AvgIpc) is 2.10. The number of hydrogen-bond donors (Lipinski definition) is 3. The SMILES string of the molecule is NCc1c(OC(F)(F)F)ncc(N)c1N. The van der Waals surface area contributed by atoms with Gasteiger partial charge >= 0.3 is 6.36 Å². The molecule has 0 aromatic carbocycles. The van der Waals surface area contributed by atoms with Crippen LogP contribution in [0.3, 0.4) is 0 Å². The predicted molar refractivity (Wildman–Crippen MR) is 47.6 cm³/mol. The van der Waals surface area contributed by atoms with Gasteiger partial charge in [-0.15, -0.1) is 13.2 Å². The first-order valence-corrected chi connectivity index (χ1v) is 3.83. The molecule has 0 saturated heterocycles. The Morgan fingerprint density at radius 2 is 1.93 bits per heavy atom. The van der Waals surface area contributed by atoms with Crippen LogP contribution in [0.1, 0.15) is 5.56 Å². The van der Waals surface area contributed by atoms with Crippen LogP contribution in [0.2, 0.25) is 0 Å². The Hall–Kier alpha value is -1.70. The van der Waals surface area contributed by atoms with E-state index in [0.717, 1.165) is 6.20 Å². The van der Waals surface area contributed by atoms with Crippen molar-refractivity contribution in [1.82, 2.24) is 4.98 Å². The molecule has 15 heavy (non-hydrogen) atoms. The number of nitrogens with zero attached hydrogens (tertiary/aromatic N) is 1. The molecule has 0 aliphatic rings. The van der Waals surface area contributed by atoms with E-state index in [2.05, 4.69) is 9.72 Å². The summed E-state index contributed by atoms with van der Waals surface area (Å²) in [5, 5.41) is 0. The summed E-state index contributed by atoms with van der Waals surface area (Å²) < 4.78 is 39.4. The van der Waals surface area contributed by atoms with Gasteiger partial charge in [0.2, 0.25) is 5.88 Å². The molecule has 1 rings (SSSR count). The fourth-order valence-electron chi connectivity index (χ4n) is 0.960. The molecule has 0 radical (unpaired) electrons. The number of hydrogen-bond acceptors (Lipinski definition) is 5. The van der Waals surface area contributed by atoms with Crippen molar-refractivity contribution in [3.05, 3.63) is 11.8 Å². The number of halogens is 3. The van der Waals surface area contributed by atoms with E-state index in [-0.39, 0.29) is 23.5 Å². The van der Waals surface area contributed by atoms with Crippen LogP contribution < -0.4 is 21.9 Å². The first-order chi connectivity index (χ1) is 6.85. The largest absolute Gasteiger partial charge is 0.574 e. The van der Waals surface area contributed by atoms with Crippen molar-refractivity contribution in [2.24, 2.45) is 5.73 Å². The summed E-state index contributed by atoms with van der Waals surface area (Å²) in [6.07, 6.45) is -3.85. The maximum atomic E-state index is 11.9. The van der Waals surface area contributed by atoms with Crippen LogP contribution in [0.15, 0.2) is 6.20 Å². The molecule has 0 fully saturated rings. The number of nitrogens with two attached hydrogens (primary N) is 3. The van der Waals surface area contributed by atoms with Crippen molar-refractivity contribution in [3.63, 3.8) is 0 Å². The number of pyridine rings is 1. The second-order valence-electron chi connectivity index (χ2n) is 2.66. The van der Waals surface area contributed by atoms with E-state index in [1.165, 1.54) is 0 Å². The van der Waals surface area contributed by atoms with Gasteiger partial charge in [0.25, 0.3) is 0 Å². The molecule has 0 saturated carbocycles. The molecule has 5 nitrogen and oxygen atoms in total. The highest BCUT2D eigenvalue weighted by Crippen LogP contribution is 2.30. The number of anilines is 2. The van der Waals surface area contributed by atoms with Crippen LogP contribution >= 0.6 is 0 Å². The first-order valence-electron chi connectivity index (χ1n) is 3.83. The van der Waals surface area contributed by atoms with Gasteiger partial charge in [-0.1, -0.05) is 0 Å². The zero-order valence-corrected chi connectivity index (χ0v) is 7.51. The zero-order chi connectivity index (χ0) is 11.6. The third-order valence-corrected chi connectivity index (χ3v) is 1.63. The van der Waals surface area contributed by atoms with Gasteiger partial charge in [0.1, 0.15) is 0 Å². The van der Waals surface area contributed by atoms with Gasteiger partial charge in [-0.2, -0.15) is 0 Å². The highest BCUT2D eigenvalue weighted by atomic mass is 19.4. The van der Waals surface area contributed by atoms with E-state index in [0.29, 0.717) is 0 Å². The predicted octanol–water partition coefficient (Wildman–Crippen LogP) is 0.603. The fourth-order valence-corrected chi connectivity index (χ4v) is 0.960. The fraction of sp³-hybridized carbons (Fsp3) is 0.286. The van der Waals surface area contributed by atoms with Crippen LogP contribution in [0, 0.1) is 0 Å². The van der Waals surface area contributed by atoms with Gasteiger partial charge < -0.3 is 21.9 Å². The van der Waals surface area contributed by atoms with Crippen LogP contribution in [0.5, 0.6) is 5.88 Å². The van der Waals surface area contributed by atoms with Crippen molar-refractivity contribution in [1.29, 1.82) is 0 Å². The average molecular weight is 222 g/mol. The van der Waals surface area contributed by atoms with Crippen LogP contribution in [-0.4, -0.2) is 11.3 Å². The normalized spacial score (nSPS) is 11.5. The lowest BCUT2D eigenvalue weighted by molar-refractivity contribution is -0.276. The van der Waals surface area contributed by atoms with Gasteiger partial charge in [0.15, 0.2) is 0 Å². The summed E-state index contributed by atoms with van der Waals surface area (Å²) in [7, 11) is 0. The molecule has 0 amide bonds. The van der Waals surface area contributed by atoms with E-state index >= 15 is 0 Å². The van der Waals surface area contributed by atoms with Gasteiger partial charge in [-0.05, 0) is 0 Å². The Morgan fingerprint density at radius 3 is 2.40 bits per heavy atom. The van der Waals surface area contributed by atoms with E-state index in [9.17, 15) is 13.2 Å². The monoisotopic (exact) mass is 222 g/mol. The van der Waals surface area contributed by atoms with Crippen LogP contribution in [0.4, 0.5) is 24.5 Å². The second kappa shape index (κ2) is 3.81. The lowest BCUT2D eigenvalue weighted by Crippen LogP contribution is -2.20. The zero-order valence-electron chi connectivity index (χ0n) is 7.51. The summed E-state index contributed by atoms with van der Waals surface area (Å²) >= 11 is 0. The Morgan fingerprint density at radius 1 is 1.33 bits per heavy atom. The molecule has 84 valence electrons. The minimum Gasteiger partial charge on any atom is -0.397 e. The van der Waals surface area contributed by atoms with Crippen molar-refractivity contribution in [3.8, 4) is 5.88 Å². The Kier molecular flexibility index (Phi) is 2.89. The highest BCUT2D eigenvalue weighted by Gasteiger charge is 2.33. The van der Waals surface area contributed by atoms with Crippen LogP contribution in [0.25, 0.3) is 0 Å². The molecule has 0 aliphatic carbocycles. The van der Waals surface area contributed by atoms with Gasteiger partial charge in [0, 0.05) is 6.54 Å². The molecule has 1 heterocycles. The smallest absolute Gasteiger partial charge is 0.397 e. The van der Waals surface area contributed by atoms with Crippen molar-refractivity contribution in [2.45, 2.75) is 12.9 Å². The highest BCUT2D eigenvalue weighted by molar-refractivity contribution is 5.68. The molecule has 0 unspecified atom stereocenters. The Labute approximate surface area is 83.0 Å². The lowest BCUT2D eigenvalue weighted by atomic mass is 10.2. The summed E-state index contributed by atoms with van der Waals surface area (Å²) in [6.45, 7) is -0.241. The van der Waals surface area contributed by atoms with E-state index in [1.807, 2.05) is 0 Å². The molecule has 1 aromatic rings. The van der Waals surface area contributed by atoms with Gasteiger partial charge in [-0.25, -0.2) is 4.98 Å². The minimum absolute atomic E-state index is 0.0493. The van der Waals surface area contributed by atoms with Crippen molar-refractivity contribution in [2.75, 3.05) is 11.5 Å². The molecule has 0 atom stereocenters. The standard InChI is InChI=1S/C7H9F3N4O/c8-7(9,10)15-6-3(1-11)5(13)4(12)2-14-6/h2H,1,11-12H2,(H2,13,14). The lowest BCUT2D eigenvalue weighted by Gasteiger charge is -2.13. The first kappa shape index (κ1) is 11.4. The minimum atomic E-state index is -4.83. The third-order valence-electron chi connectivity index (χ3n) is 1.63. The topological polar surface area (TPSA) is 100 Å². The second-order valence-corrected chi connectivity index (χ2v) is 2.66. The molecule has 0 bridgehead atoms. The molecule has 6 N–H and O–H groups in total. The third kappa shape index (κ3) is 2.62. The van der Waals surface area contributed by atoms with Crippen LogP contribution in [-0.2, 0) is 6.54 Å². The molecule has 8 heteroatoms. The molecule has 1 aromatic heterocycles. The summed E-state index contributed by atoms with van der Waals surface area (Å²) in [4.78, 5) is 3.37. The van der Waals surface area contributed by atoms with Gasteiger partial charge in [0.05, 0.1) is 23.1 Å². The Bertz CT molecular complexity index is 366. The summed E-state index contributed by atoms with van der Waals surface area (Å²) in [5.74, 6) is -0.670. The van der Waals surface area contributed by atoms with Gasteiger partial charge in [-0.3, -0.25) is 0 Å². The van der Waals surface area contributed by atoms with Crippen molar-refractivity contribution < 1.29 is 17.9 Å². The van der Waals surface area contributed by atoms with E-state index in [1.54, 1.807) is 0 Å². The maximum absolute atomic E-state index is 11.9. The van der Waals surface area contributed by atoms with E-state index in [4.69, 9.17) is 17.2 Å². The maximum Gasteiger partial charge on any atom is 0.574 e. The molecular weight excluding hydrogens is 213 g/mol. The number of aromatic nitrogens is 1.